The Morgan fingerprint density at radius 1 is 1.14 bits per heavy atom. The van der Waals surface area contributed by atoms with Gasteiger partial charge in [0.05, 0.1) is 0 Å². The molecular formula is C10H22O3Si. The summed E-state index contributed by atoms with van der Waals surface area (Å²) in [5.74, 6) is -0.0496. The molecule has 0 aromatic rings. The van der Waals surface area contributed by atoms with Crippen LogP contribution in [0.2, 0.25) is 0 Å². The lowest BCUT2D eigenvalue weighted by Gasteiger charge is -2.34. The Kier molecular flexibility index (Phi) is 5.09. The standard InChI is InChI=1S/C10H22O3Si/c1-11-10(12-2,13-14)8-9-6-4-3-5-7-9/h9H,3-8H2,1-2,14H3. The van der Waals surface area contributed by atoms with Crippen molar-refractivity contribution >= 4 is 10.5 Å². The van der Waals surface area contributed by atoms with Crippen molar-refractivity contribution in [1.82, 2.24) is 0 Å². The SMILES string of the molecule is COC(CC1CCCCC1)(OC)O[SiH3]. The zero-order valence-electron chi connectivity index (χ0n) is 9.54. The van der Waals surface area contributed by atoms with Crippen LogP contribution < -0.4 is 0 Å². The molecule has 1 fully saturated rings. The zero-order valence-corrected chi connectivity index (χ0v) is 11.5. The van der Waals surface area contributed by atoms with Gasteiger partial charge in [0.15, 0.2) is 10.5 Å². The lowest BCUT2D eigenvalue weighted by atomic mass is 9.86. The number of rotatable bonds is 5. The zero-order chi connectivity index (χ0) is 10.4. The first-order chi connectivity index (χ1) is 6.76. The fraction of sp³-hybridized carbons (Fsp3) is 1.00. The Balaban J connectivity index is 2.44. The summed E-state index contributed by atoms with van der Waals surface area (Å²) in [5.41, 5.74) is 0. The van der Waals surface area contributed by atoms with Gasteiger partial charge in [-0.2, -0.15) is 0 Å². The second-order valence-electron chi connectivity index (χ2n) is 4.00. The average Bonchev–Trinajstić information content (AvgIpc) is 2.28. The van der Waals surface area contributed by atoms with E-state index < -0.39 is 5.97 Å². The van der Waals surface area contributed by atoms with Gasteiger partial charge < -0.3 is 13.9 Å². The van der Waals surface area contributed by atoms with Gasteiger partial charge in [0, 0.05) is 20.6 Å². The Morgan fingerprint density at radius 3 is 2.14 bits per heavy atom. The molecule has 0 atom stereocenters. The van der Waals surface area contributed by atoms with Gasteiger partial charge in [0.2, 0.25) is 0 Å². The Bertz CT molecular complexity index is 145. The van der Waals surface area contributed by atoms with Crippen LogP contribution in [0.1, 0.15) is 38.5 Å². The third kappa shape index (κ3) is 3.05. The van der Waals surface area contributed by atoms with Gasteiger partial charge in [0.25, 0.3) is 5.97 Å². The molecule has 0 unspecified atom stereocenters. The minimum Gasteiger partial charge on any atom is -0.380 e. The minimum absolute atomic E-state index is 0.646. The van der Waals surface area contributed by atoms with Gasteiger partial charge >= 0.3 is 0 Å². The average molecular weight is 218 g/mol. The van der Waals surface area contributed by atoms with Crippen LogP contribution in [0.25, 0.3) is 0 Å². The van der Waals surface area contributed by atoms with Crippen LogP contribution in [-0.2, 0) is 13.9 Å². The Hall–Kier alpha value is 0.0969. The number of hydrogen-bond donors (Lipinski definition) is 0. The quantitative estimate of drug-likeness (QED) is 0.513. The summed E-state index contributed by atoms with van der Waals surface area (Å²) in [7, 11) is 3.96. The van der Waals surface area contributed by atoms with Crippen molar-refractivity contribution in [2.24, 2.45) is 5.92 Å². The predicted molar refractivity (Wildman–Crippen MR) is 59.0 cm³/mol. The molecular weight excluding hydrogens is 196 g/mol. The minimum atomic E-state index is -0.756. The molecule has 0 aromatic heterocycles. The molecule has 0 N–H and O–H groups in total. The highest BCUT2D eigenvalue weighted by Crippen LogP contribution is 2.32. The van der Waals surface area contributed by atoms with E-state index in [2.05, 4.69) is 0 Å². The van der Waals surface area contributed by atoms with E-state index in [1.807, 2.05) is 0 Å². The molecule has 0 spiro atoms. The van der Waals surface area contributed by atoms with Gasteiger partial charge in [-0.3, -0.25) is 0 Å². The summed E-state index contributed by atoms with van der Waals surface area (Å²) >= 11 is 0. The summed E-state index contributed by atoms with van der Waals surface area (Å²) in [6.07, 6.45) is 7.53. The van der Waals surface area contributed by atoms with Crippen LogP contribution in [0.4, 0.5) is 0 Å². The molecule has 84 valence electrons. The second kappa shape index (κ2) is 5.85. The fourth-order valence-electron chi connectivity index (χ4n) is 2.24. The van der Waals surface area contributed by atoms with E-state index in [0.717, 1.165) is 6.42 Å². The third-order valence-corrected chi connectivity index (χ3v) is 3.82. The molecule has 4 heteroatoms. The van der Waals surface area contributed by atoms with E-state index in [9.17, 15) is 0 Å². The molecule has 1 aliphatic rings. The molecule has 1 saturated carbocycles. The summed E-state index contributed by atoms with van der Waals surface area (Å²) in [6, 6.07) is 0. The molecule has 0 saturated heterocycles. The van der Waals surface area contributed by atoms with Gasteiger partial charge in [-0.15, -0.1) is 0 Å². The normalized spacial score (nSPS) is 20.1. The van der Waals surface area contributed by atoms with Crippen LogP contribution in [-0.4, -0.2) is 30.7 Å². The molecule has 3 nitrogen and oxygen atoms in total. The maximum Gasteiger partial charge on any atom is 0.272 e. The summed E-state index contributed by atoms with van der Waals surface area (Å²) in [5, 5.41) is 0. The van der Waals surface area contributed by atoms with Crippen molar-refractivity contribution in [3.8, 4) is 0 Å². The van der Waals surface area contributed by atoms with E-state index in [4.69, 9.17) is 13.9 Å². The van der Waals surface area contributed by atoms with E-state index in [1.165, 1.54) is 32.1 Å². The number of hydrogen-bond acceptors (Lipinski definition) is 3. The van der Waals surface area contributed by atoms with E-state index in [0.29, 0.717) is 16.4 Å². The lowest BCUT2D eigenvalue weighted by molar-refractivity contribution is -0.330. The topological polar surface area (TPSA) is 27.7 Å². The molecule has 1 rings (SSSR count). The van der Waals surface area contributed by atoms with Crippen LogP contribution in [0, 0.1) is 5.92 Å². The molecule has 0 heterocycles. The van der Waals surface area contributed by atoms with Crippen LogP contribution >= 0.6 is 0 Å². The van der Waals surface area contributed by atoms with Gasteiger partial charge in [0.1, 0.15) is 0 Å². The molecule has 14 heavy (non-hydrogen) atoms. The smallest absolute Gasteiger partial charge is 0.272 e. The maximum atomic E-state index is 5.43. The lowest BCUT2D eigenvalue weighted by Crippen LogP contribution is -2.39. The first-order valence-corrected chi connectivity index (χ1v) is 6.23. The predicted octanol–water partition coefficient (Wildman–Crippen LogP) is 1.20. The molecule has 0 aliphatic heterocycles. The van der Waals surface area contributed by atoms with Gasteiger partial charge in [-0.05, 0) is 5.92 Å². The van der Waals surface area contributed by atoms with Crippen molar-refractivity contribution < 1.29 is 13.9 Å². The van der Waals surface area contributed by atoms with E-state index in [1.54, 1.807) is 14.2 Å². The maximum absolute atomic E-state index is 5.43. The van der Waals surface area contributed by atoms with Gasteiger partial charge in [-0.25, -0.2) is 0 Å². The second-order valence-corrected chi connectivity index (χ2v) is 4.41. The molecule has 0 bridgehead atoms. The first-order valence-electron chi connectivity index (χ1n) is 5.42. The van der Waals surface area contributed by atoms with Crippen LogP contribution in [0.3, 0.4) is 0 Å². The highest BCUT2D eigenvalue weighted by atomic mass is 28.2. The first kappa shape index (κ1) is 12.2. The van der Waals surface area contributed by atoms with Crippen molar-refractivity contribution in [1.29, 1.82) is 0 Å². The van der Waals surface area contributed by atoms with Crippen molar-refractivity contribution in [2.45, 2.75) is 44.5 Å². The van der Waals surface area contributed by atoms with Crippen LogP contribution in [0.15, 0.2) is 0 Å². The van der Waals surface area contributed by atoms with Crippen molar-refractivity contribution in [2.75, 3.05) is 14.2 Å². The number of methoxy groups -OCH3 is 2. The number of ether oxygens (including phenoxy) is 2. The fourth-order valence-corrected chi connectivity index (χ4v) is 2.74. The molecule has 0 aromatic carbocycles. The van der Waals surface area contributed by atoms with Gasteiger partial charge in [-0.1, -0.05) is 32.1 Å². The van der Waals surface area contributed by atoms with Crippen molar-refractivity contribution in [3.05, 3.63) is 0 Å². The van der Waals surface area contributed by atoms with Crippen molar-refractivity contribution in [3.63, 3.8) is 0 Å². The molecule has 0 amide bonds. The summed E-state index contributed by atoms with van der Waals surface area (Å²) < 4.78 is 16.1. The Morgan fingerprint density at radius 2 is 1.71 bits per heavy atom. The van der Waals surface area contributed by atoms with Crippen LogP contribution in [0.5, 0.6) is 0 Å². The highest BCUT2D eigenvalue weighted by molar-refractivity contribution is 5.98. The third-order valence-electron chi connectivity index (χ3n) is 3.20. The largest absolute Gasteiger partial charge is 0.380 e. The molecule has 1 aliphatic carbocycles. The monoisotopic (exact) mass is 218 g/mol. The van der Waals surface area contributed by atoms with E-state index >= 15 is 0 Å². The molecule has 0 radical (unpaired) electrons. The van der Waals surface area contributed by atoms with E-state index in [-0.39, 0.29) is 0 Å². The summed E-state index contributed by atoms with van der Waals surface area (Å²) in [6.45, 7) is 0. The highest BCUT2D eigenvalue weighted by Gasteiger charge is 2.32. The summed E-state index contributed by atoms with van der Waals surface area (Å²) in [4.78, 5) is 0. The Labute approximate surface area is 89.7 Å².